The van der Waals surface area contributed by atoms with Crippen molar-refractivity contribution in [2.24, 2.45) is 0 Å². The highest BCUT2D eigenvalue weighted by Crippen LogP contribution is 2.23. The number of piperidine rings is 1. The Hall–Kier alpha value is -1.63. The highest BCUT2D eigenvalue weighted by Gasteiger charge is 2.29. The van der Waals surface area contributed by atoms with Crippen molar-refractivity contribution < 1.29 is 14.3 Å². The molecule has 0 spiro atoms. The van der Waals surface area contributed by atoms with Crippen LogP contribution in [0.15, 0.2) is 16.9 Å². The van der Waals surface area contributed by atoms with Gasteiger partial charge in [0.25, 0.3) is 5.91 Å². The van der Waals surface area contributed by atoms with Gasteiger partial charge in [0.05, 0.1) is 17.4 Å². The van der Waals surface area contributed by atoms with Crippen molar-refractivity contribution in [2.45, 2.75) is 45.2 Å². The fourth-order valence-corrected chi connectivity index (χ4v) is 3.14. The van der Waals surface area contributed by atoms with Gasteiger partial charge in [-0.1, -0.05) is 0 Å². The number of amides is 1. The van der Waals surface area contributed by atoms with E-state index >= 15 is 0 Å². The van der Waals surface area contributed by atoms with E-state index in [4.69, 9.17) is 10.5 Å². The van der Waals surface area contributed by atoms with E-state index in [-0.39, 0.29) is 35.8 Å². The van der Waals surface area contributed by atoms with Crippen molar-refractivity contribution in [3.05, 3.63) is 22.4 Å². The van der Waals surface area contributed by atoms with Crippen LogP contribution >= 0.6 is 15.9 Å². The van der Waals surface area contributed by atoms with Gasteiger partial charge in [0.15, 0.2) is 6.61 Å². The molecule has 1 amide bonds. The van der Waals surface area contributed by atoms with Gasteiger partial charge in [-0.2, -0.15) is 0 Å². The number of nitrogens with two attached hydrogens (primary N) is 1. The molecule has 0 aliphatic carbocycles. The number of anilines is 1. The van der Waals surface area contributed by atoms with E-state index in [1.165, 1.54) is 12.3 Å². The fourth-order valence-electron chi connectivity index (χ4n) is 2.81. The lowest BCUT2D eigenvalue weighted by atomic mass is 9.97. The zero-order valence-corrected chi connectivity index (χ0v) is 14.3. The summed E-state index contributed by atoms with van der Waals surface area (Å²) >= 11 is 3.17. The highest BCUT2D eigenvalue weighted by atomic mass is 79.9. The molecule has 2 rings (SSSR count). The predicted molar refractivity (Wildman–Crippen MR) is 86.3 cm³/mol. The average molecular weight is 370 g/mol. The molecule has 120 valence electrons. The lowest BCUT2D eigenvalue weighted by Crippen LogP contribution is -2.49. The summed E-state index contributed by atoms with van der Waals surface area (Å²) in [5.74, 6) is -0.786. The Morgan fingerprint density at radius 3 is 2.68 bits per heavy atom. The van der Waals surface area contributed by atoms with E-state index in [0.717, 1.165) is 19.3 Å². The third kappa shape index (κ3) is 3.76. The van der Waals surface area contributed by atoms with Crippen LogP contribution in [0.1, 0.15) is 43.5 Å². The van der Waals surface area contributed by atoms with Gasteiger partial charge in [0, 0.05) is 12.1 Å². The second kappa shape index (κ2) is 7.09. The van der Waals surface area contributed by atoms with E-state index in [9.17, 15) is 9.59 Å². The number of hydrogen-bond acceptors (Lipinski definition) is 5. The summed E-state index contributed by atoms with van der Waals surface area (Å²) < 4.78 is 5.60. The smallest absolute Gasteiger partial charge is 0.340 e. The van der Waals surface area contributed by atoms with Crippen molar-refractivity contribution in [3.8, 4) is 0 Å². The van der Waals surface area contributed by atoms with Gasteiger partial charge in [-0.15, -0.1) is 0 Å². The first kappa shape index (κ1) is 16.7. The van der Waals surface area contributed by atoms with Gasteiger partial charge in [-0.3, -0.25) is 4.79 Å². The van der Waals surface area contributed by atoms with Gasteiger partial charge < -0.3 is 15.4 Å². The van der Waals surface area contributed by atoms with Crippen molar-refractivity contribution in [3.63, 3.8) is 0 Å². The molecule has 1 aromatic rings. The first-order valence-electron chi connectivity index (χ1n) is 7.29. The van der Waals surface area contributed by atoms with Gasteiger partial charge in [0.1, 0.15) is 4.60 Å². The molecule has 0 aromatic carbocycles. The lowest BCUT2D eigenvalue weighted by molar-refractivity contribution is -0.140. The maximum atomic E-state index is 12.3. The summed E-state index contributed by atoms with van der Waals surface area (Å²) in [6, 6.07) is 1.83. The number of hydrogen-bond donors (Lipinski definition) is 1. The van der Waals surface area contributed by atoms with Crippen molar-refractivity contribution >= 4 is 33.5 Å². The average Bonchev–Trinajstić information content (AvgIpc) is 2.47. The number of halogens is 1. The van der Waals surface area contributed by atoms with Gasteiger partial charge in [-0.05, 0) is 55.1 Å². The SMILES string of the molecule is C[C@H]1CCC[C@H](C)N1C(=O)COC(=O)c1cc(Br)ncc1N. The molecule has 2 N–H and O–H groups in total. The van der Waals surface area contributed by atoms with Crippen molar-refractivity contribution in [1.82, 2.24) is 9.88 Å². The Morgan fingerprint density at radius 1 is 1.41 bits per heavy atom. The Bertz CT molecular complexity index is 569. The Balaban J connectivity index is 1.98. The minimum absolute atomic E-state index is 0.167. The second-order valence-corrected chi connectivity index (χ2v) is 6.41. The molecule has 1 saturated heterocycles. The molecule has 22 heavy (non-hydrogen) atoms. The summed E-state index contributed by atoms with van der Waals surface area (Å²) in [5, 5.41) is 0. The number of ether oxygens (including phenoxy) is 1. The van der Waals surface area contributed by atoms with Crippen LogP contribution in [0.25, 0.3) is 0 Å². The number of likely N-dealkylation sites (tertiary alicyclic amines) is 1. The molecule has 1 aromatic heterocycles. The van der Waals surface area contributed by atoms with Crippen LogP contribution in [0.2, 0.25) is 0 Å². The number of carbonyl (C=O) groups is 2. The third-order valence-corrected chi connectivity index (χ3v) is 4.36. The number of pyridine rings is 1. The third-order valence-electron chi connectivity index (χ3n) is 3.93. The molecule has 0 radical (unpaired) electrons. The maximum Gasteiger partial charge on any atom is 0.340 e. The summed E-state index contributed by atoms with van der Waals surface area (Å²) in [4.78, 5) is 30.1. The molecule has 0 unspecified atom stereocenters. The highest BCUT2D eigenvalue weighted by molar-refractivity contribution is 9.10. The molecule has 2 heterocycles. The van der Waals surface area contributed by atoms with Crippen LogP contribution in [0.5, 0.6) is 0 Å². The summed E-state index contributed by atoms with van der Waals surface area (Å²) in [7, 11) is 0. The number of carbonyl (C=O) groups excluding carboxylic acids is 2. The number of aromatic nitrogens is 1. The minimum atomic E-state index is -0.619. The van der Waals surface area contributed by atoms with Crippen LogP contribution < -0.4 is 5.73 Å². The van der Waals surface area contributed by atoms with Crippen LogP contribution in [0, 0.1) is 0 Å². The maximum absolute atomic E-state index is 12.3. The first-order chi connectivity index (χ1) is 10.4. The molecule has 1 fully saturated rings. The topological polar surface area (TPSA) is 85.5 Å². The second-order valence-electron chi connectivity index (χ2n) is 5.60. The summed E-state index contributed by atoms with van der Waals surface area (Å²) in [6.07, 6.45) is 4.45. The standard InChI is InChI=1S/C15H20BrN3O3/c1-9-4-3-5-10(2)19(9)14(20)8-22-15(21)11-6-13(16)18-7-12(11)17/h6-7,9-10H,3-5,8,17H2,1-2H3/t9-,10-/m0/s1. The Labute approximate surface area is 138 Å². The zero-order chi connectivity index (χ0) is 16.3. The predicted octanol–water partition coefficient (Wildman–Crippen LogP) is 2.37. The molecule has 0 bridgehead atoms. The molecule has 1 aliphatic rings. The van der Waals surface area contributed by atoms with E-state index in [1.807, 2.05) is 18.7 Å². The van der Waals surface area contributed by atoms with E-state index < -0.39 is 5.97 Å². The van der Waals surface area contributed by atoms with Crippen molar-refractivity contribution in [2.75, 3.05) is 12.3 Å². The minimum Gasteiger partial charge on any atom is -0.452 e. The van der Waals surface area contributed by atoms with Crippen LogP contribution in [-0.4, -0.2) is 40.5 Å². The number of esters is 1. The zero-order valence-electron chi connectivity index (χ0n) is 12.7. The van der Waals surface area contributed by atoms with Gasteiger partial charge >= 0.3 is 5.97 Å². The quantitative estimate of drug-likeness (QED) is 0.652. The van der Waals surface area contributed by atoms with E-state index in [0.29, 0.717) is 4.60 Å². The Morgan fingerprint density at radius 2 is 2.05 bits per heavy atom. The number of nitrogens with zero attached hydrogens (tertiary/aromatic N) is 2. The number of rotatable bonds is 3. The van der Waals surface area contributed by atoms with Crippen molar-refractivity contribution in [1.29, 1.82) is 0 Å². The molecule has 7 heteroatoms. The van der Waals surface area contributed by atoms with Crippen LogP contribution in [-0.2, 0) is 9.53 Å². The van der Waals surface area contributed by atoms with E-state index in [2.05, 4.69) is 20.9 Å². The fraction of sp³-hybridized carbons (Fsp3) is 0.533. The normalized spacial score (nSPS) is 21.5. The van der Waals surface area contributed by atoms with Gasteiger partial charge in [-0.25, -0.2) is 9.78 Å². The summed E-state index contributed by atoms with van der Waals surface area (Å²) in [5.41, 5.74) is 6.13. The van der Waals surface area contributed by atoms with Gasteiger partial charge in [0.2, 0.25) is 0 Å². The largest absolute Gasteiger partial charge is 0.452 e. The molecule has 6 nitrogen and oxygen atoms in total. The lowest BCUT2D eigenvalue weighted by Gasteiger charge is -2.38. The van der Waals surface area contributed by atoms with E-state index in [1.54, 1.807) is 0 Å². The Kier molecular flexibility index (Phi) is 5.39. The molecular formula is C15H20BrN3O3. The molecule has 0 saturated carbocycles. The van der Waals surface area contributed by atoms with Crippen LogP contribution in [0.4, 0.5) is 5.69 Å². The first-order valence-corrected chi connectivity index (χ1v) is 8.08. The number of nitrogen functional groups attached to an aromatic ring is 1. The van der Waals surface area contributed by atoms with Crippen LogP contribution in [0.3, 0.4) is 0 Å². The summed E-state index contributed by atoms with van der Waals surface area (Å²) in [6.45, 7) is 3.77. The molecular weight excluding hydrogens is 350 g/mol. The monoisotopic (exact) mass is 369 g/mol. The molecule has 2 atom stereocenters. The molecule has 1 aliphatic heterocycles.